The standard InChI is InChI=1S/C17H17N3O5S2/c1-11-5-7-13(8-6-11)27(22,23)18-10-15(21)24-12(2)16-19-20-17(25-16)14-4-3-9-26-14/h3-9,12,18H,10H2,1-2H3/t12-/m1/s1. The maximum Gasteiger partial charge on any atom is 0.321 e. The Morgan fingerprint density at radius 3 is 2.67 bits per heavy atom. The van der Waals surface area contributed by atoms with Crippen LogP contribution < -0.4 is 4.72 Å². The SMILES string of the molecule is Cc1ccc(S(=O)(=O)NCC(=O)O[C@H](C)c2nnc(-c3cccs3)o2)cc1. The zero-order valence-electron chi connectivity index (χ0n) is 14.6. The zero-order valence-corrected chi connectivity index (χ0v) is 16.2. The lowest BCUT2D eigenvalue weighted by molar-refractivity contribution is -0.148. The maximum atomic E-state index is 12.2. The summed E-state index contributed by atoms with van der Waals surface area (Å²) < 4.78 is 37.2. The van der Waals surface area contributed by atoms with Gasteiger partial charge in [0, 0.05) is 0 Å². The van der Waals surface area contributed by atoms with Crippen LogP contribution in [0.1, 0.15) is 24.5 Å². The van der Waals surface area contributed by atoms with E-state index in [4.69, 9.17) is 9.15 Å². The summed E-state index contributed by atoms with van der Waals surface area (Å²) in [6.07, 6.45) is -0.803. The predicted molar refractivity (Wildman–Crippen MR) is 98.5 cm³/mol. The van der Waals surface area contributed by atoms with Crippen LogP contribution in [0.15, 0.2) is 51.1 Å². The number of nitrogens with one attached hydrogen (secondary N) is 1. The fourth-order valence-corrected chi connectivity index (χ4v) is 3.76. The highest BCUT2D eigenvalue weighted by molar-refractivity contribution is 7.89. The van der Waals surface area contributed by atoms with E-state index in [9.17, 15) is 13.2 Å². The summed E-state index contributed by atoms with van der Waals surface area (Å²) in [5.74, 6) is -0.287. The van der Waals surface area contributed by atoms with Crippen molar-refractivity contribution >= 4 is 27.3 Å². The number of thiophene rings is 1. The Morgan fingerprint density at radius 1 is 1.26 bits per heavy atom. The Balaban J connectivity index is 1.56. The molecule has 0 saturated carbocycles. The van der Waals surface area contributed by atoms with E-state index in [2.05, 4.69) is 14.9 Å². The minimum absolute atomic E-state index is 0.0754. The molecular weight excluding hydrogens is 390 g/mol. The van der Waals surface area contributed by atoms with Crippen molar-refractivity contribution in [3.63, 3.8) is 0 Å². The van der Waals surface area contributed by atoms with Gasteiger partial charge in [0.2, 0.25) is 10.0 Å². The highest BCUT2D eigenvalue weighted by atomic mass is 32.2. The Morgan fingerprint density at radius 2 is 2.00 bits per heavy atom. The number of benzene rings is 1. The molecule has 1 aromatic carbocycles. The number of sulfonamides is 1. The Bertz CT molecular complexity index is 1010. The summed E-state index contributed by atoms with van der Waals surface area (Å²) in [5.41, 5.74) is 0.934. The molecular formula is C17H17N3O5S2. The largest absolute Gasteiger partial charge is 0.452 e. The van der Waals surface area contributed by atoms with Gasteiger partial charge >= 0.3 is 5.97 Å². The molecule has 0 aliphatic carbocycles. The lowest BCUT2D eigenvalue weighted by Crippen LogP contribution is -2.31. The molecule has 0 spiro atoms. The lowest BCUT2D eigenvalue weighted by atomic mass is 10.2. The van der Waals surface area contributed by atoms with Crippen LogP contribution in [-0.4, -0.2) is 31.1 Å². The summed E-state index contributed by atoms with van der Waals surface area (Å²) in [7, 11) is -3.80. The number of hydrogen-bond donors (Lipinski definition) is 1. The van der Waals surface area contributed by atoms with Gasteiger partial charge in [-0.05, 0) is 37.4 Å². The second kappa shape index (κ2) is 7.99. The van der Waals surface area contributed by atoms with E-state index in [0.29, 0.717) is 5.89 Å². The van der Waals surface area contributed by atoms with Gasteiger partial charge in [-0.3, -0.25) is 4.79 Å². The van der Waals surface area contributed by atoms with Gasteiger partial charge in [0.25, 0.3) is 11.8 Å². The normalized spacial score (nSPS) is 12.7. The number of hydrogen-bond acceptors (Lipinski definition) is 8. The molecule has 2 aromatic heterocycles. The molecule has 2 heterocycles. The van der Waals surface area contributed by atoms with Gasteiger partial charge in [0.15, 0.2) is 6.10 Å². The summed E-state index contributed by atoms with van der Waals surface area (Å²) >= 11 is 1.44. The quantitative estimate of drug-likeness (QED) is 0.599. The Kier molecular flexibility index (Phi) is 5.68. The highest BCUT2D eigenvalue weighted by Gasteiger charge is 2.21. The molecule has 8 nitrogen and oxygen atoms in total. The third kappa shape index (κ3) is 4.79. The van der Waals surface area contributed by atoms with E-state index in [1.807, 2.05) is 24.4 Å². The molecule has 0 saturated heterocycles. The van der Waals surface area contributed by atoms with E-state index in [1.54, 1.807) is 19.1 Å². The Hall–Kier alpha value is -2.56. The van der Waals surface area contributed by atoms with Gasteiger partial charge in [-0.25, -0.2) is 8.42 Å². The zero-order chi connectivity index (χ0) is 19.4. The molecule has 10 heteroatoms. The molecule has 0 aliphatic heterocycles. The fourth-order valence-electron chi connectivity index (χ4n) is 2.14. The number of rotatable bonds is 7. The van der Waals surface area contributed by atoms with E-state index in [1.165, 1.54) is 23.5 Å². The van der Waals surface area contributed by atoms with E-state index < -0.39 is 28.6 Å². The molecule has 1 N–H and O–H groups in total. The van der Waals surface area contributed by atoms with Crippen molar-refractivity contribution in [3.05, 3.63) is 53.2 Å². The molecule has 27 heavy (non-hydrogen) atoms. The van der Waals surface area contributed by atoms with Crippen molar-refractivity contribution in [1.82, 2.24) is 14.9 Å². The van der Waals surface area contributed by atoms with Gasteiger partial charge < -0.3 is 9.15 Å². The van der Waals surface area contributed by atoms with E-state index >= 15 is 0 Å². The number of aromatic nitrogens is 2. The van der Waals surface area contributed by atoms with Gasteiger partial charge in [-0.1, -0.05) is 23.8 Å². The number of aryl methyl sites for hydroxylation is 1. The second-order valence-electron chi connectivity index (χ2n) is 5.69. The smallest absolute Gasteiger partial charge is 0.321 e. The minimum Gasteiger partial charge on any atom is -0.452 e. The van der Waals surface area contributed by atoms with Gasteiger partial charge in [-0.2, -0.15) is 4.72 Å². The van der Waals surface area contributed by atoms with Crippen LogP contribution in [0, 0.1) is 6.92 Å². The summed E-state index contributed by atoms with van der Waals surface area (Å²) in [4.78, 5) is 12.8. The van der Waals surface area contributed by atoms with Crippen molar-refractivity contribution in [2.45, 2.75) is 24.8 Å². The third-order valence-electron chi connectivity index (χ3n) is 3.57. The van der Waals surface area contributed by atoms with Crippen LogP contribution in [0.2, 0.25) is 0 Å². The second-order valence-corrected chi connectivity index (χ2v) is 8.41. The van der Waals surface area contributed by atoms with Crippen molar-refractivity contribution < 1.29 is 22.4 Å². The summed E-state index contributed by atoms with van der Waals surface area (Å²) in [5, 5.41) is 9.65. The van der Waals surface area contributed by atoms with Crippen LogP contribution >= 0.6 is 11.3 Å². The lowest BCUT2D eigenvalue weighted by Gasteiger charge is -2.10. The van der Waals surface area contributed by atoms with Crippen LogP contribution in [-0.2, 0) is 19.6 Å². The van der Waals surface area contributed by atoms with Crippen LogP contribution in [0.5, 0.6) is 0 Å². The first-order valence-corrected chi connectivity index (χ1v) is 10.3. The number of ether oxygens (including phenoxy) is 1. The molecule has 0 bridgehead atoms. The van der Waals surface area contributed by atoms with Gasteiger partial charge in [0.1, 0.15) is 6.54 Å². The van der Waals surface area contributed by atoms with E-state index in [-0.39, 0.29) is 10.8 Å². The summed E-state index contributed by atoms with van der Waals surface area (Å²) in [6, 6.07) is 9.98. The first kappa shape index (κ1) is 19.2. The monoisotopic (exact) mass is 407 g/mol. The van der Waals surface area contributed by atoms with Crippen LogP contribution in [0.25, 0.3) is 10.8 Å². The average molecular weight is 407 g/mol. The number of carbonyl (C=O) groups is 1. The minimum atomic E-state index is -3.80. The Labute approximate surface area is 160 Å². The molecule has 1 atom stereocenters. The first-order valence-electron chi connectivity index (χ1n) is 7.98. The first-order chi connectivity index (χ1) is 12.8. The highest BCUT2D eigenvalue weighted by Crippen LogP contribution is 2.25. The van der Waals surface area contributed by atoms with Crippen LogP contribution in [0.4, 0.5) is 0 Å². The van der Waals surface area contributed by atoms with E-state index in [0.717, 1.165) is 10.4 Å². The molecule has 3 rings (SSSR count). The topological polar surface area (TPSA) is 111 Å². The predicted octanol–water partition coefficient (Wildman–Crippen LogP) is 2.69. The van der Waals surface area contributed by atoms with Crippen molar-refractivity contribution in [1.29, 1.82) is 0 Å². The van der Waals surface area contributed by atoms with Crippen molar-refractivity contribution in [2.24, 2.45) is 0 Å². The number of esters is 1. The third-order valence-corrected chi connectivity index (χ3v) is 5.84. The molecule has 0 radical (unpaired) electrons. The molecule has 3 aromatic rings. The maximum absolute atomic E-state index is 12.2. The molecule has 0 aliphatic rings. The van der Waals surface area contributed by atoms with Crippen molar-refractivity contribution in [3.8, 4) is 10.8 Å². The molecule has 0 fully saturated rings. The van der Waals surface area contributed by atoms with Gasteiger partial charge in [-0.15, -0.1) is 21.5 Å². The average Bonchev–Trinajstić information content (AvgIpc) is 3.31. The molecule has 0 unspecified atom stereocenters. The van der Waals surface area contributed by atoms with Crippen molar-refractivity contribution in [2.75, 3.05) is 6.54 Å². The fraction of sp³-hybridized carbons (Fsp3) is 0.235. The molecule has 0 amide bonds. The number of carbonyl (C=O) groups excluding carboxylic acids is 1. The van der Waals surface area contributed by atoms with Crippen LogP contribution in [0.3, 0.4) is 0 Å². The van der Waals surface area contributed by atoms with Gasteiger partial charge in [0.05, 0.1) is 9.77 Å². The molecule has 142 valence electrons. The number of nitrogens with zero attached hydrogens (tertiary/aromatic N) is 2. The summed E-state index contributed by atoms with van der Waals surface area (Å²) in [6.45, 7) is 2.91.